The van der Waals surface area contributed by atoms with E-state index in [1.165, 1.54) is 0 Å². The van der Waals surface area contributed by atoms with Gasteiger partial charge in [0.2, 0.25) is 5.91 Å². The van der Waals surface area contributed by atoms with Crippen molar-refractivity contribution in [3.05, 3.63) is 64.6 Å². The van der Waals surface area contributed by atoms with E-state index < -0.39 is 0 Å². The molecule has 3 aromatic rings. The summed E-state index contributed by atoms with van der Waals surface area (Å²) in [5.74, 6) is 0.476. The van der Waals surface area contributed by atoms with Gasteiger partial charge in [-0.3, -0.25) is 14.2 Å². The summed E-state index contributed by atoms with van der Waals surface area (Å²) in [6, 6.07) is 13.6. The highest BCUT2D eigenvalue weighted by Crippen LogP contribution is 2.23. The molecule has 7 nitrogen and oxygen atoms in total. The third kappa shape index (κ3) is 3.92. The second kappa shape index (κ2) is 8.65. The Labute approximate surface area is 175 Å². The van der Waals surface area contributed by atoms with Gasteiger partial charge in [-0.05, 0) is 44.4 Å². The number of carbonyl (C=O) groups is 1. The Morgan fingerprint density at radius 3 is 2.60 bits per heavy atom. The number of fused-ring (bicyclic) bond motifs is 1. The molecule has 1 aliphatic rings. The number of aromatic nitrogens is 3. The number of rotatable bonds is 5. The highest BCUT2D eigenvalue weighted by atomic mass is 16.2. The predicted molar refractivity (Wildman–Crippen MR) is 117 cm³/mol. The lowest BCUT2D eigenvalue weighted by atomic mass is 9.95. The van der Waals surface area contributed by atoms with E-state index in [0.717, 1.165) is 5.56 Å². The molecule has 1 atom stereocenters. The Balaban J connectivity index is 1.45. The Morgan fingerprint density at radius 1 is 1.17 bits per heavy atom. The van der Waals surface area contributed by atoms with Gasteiger partial charge in [-0.1, -0.05) is 30.3 Å². The van der Waals surface area contributed by atoms with Crippen molar-refractivity contribution >= 4 is 22.9 Å². The van der Waals surface area contributed by atoms with Gasteiger partial charge < -0.3 is 10.2 Å². The van der Waals surface area contributed by atoms with Gasteiger partial charge >= 0.3 is 0 Å². The van der Waals surface area contributed by atoms with Gasteiger partial charge in [0.1, 0.15) is 5.52 Å². The number of amides is 1. The van der Waals surface area contributed by atoms with Crippen molar-refractivity contribution in [1.82, 2.24) is 19.9 Å². The maximum atomic E-state index is 13.0. The SMILES string of the molecule is CCn1c(=O)c(N2CCC(C(=O)NC(C)c3ccccc3)CC2)nc2cccnc21. The largest absolute Gasteiger partial charge is 0.352 e. The first-order valence-corrected chi connectivity index (χ1v) is 10.5. The van der Waals surface area contributed by atoms with Crippen LogP contribution in [-0.2, 0) is 11.3 Å². The van der Waals surface area contributed by atoms with Crippen LogP contribution in [0.15, 0.2) is 53.5 Å². The summed E-state index contributed by atoms with van der Waals surface area (Å²) in [6.07, 6.45) is 3.08. The molecular formula is C23H27N5O2. The smallest absolute Gasteiger partial charge is 0.295 e. The second-order valence-corrected chi connectivity index (χ2v) is 7.73. The number of carbonyl (C=O) groups excluding carboxylic acids is 1. The molecule has 1 fully saturated rings. The fraction of sp³-hybridized carbons (Fsp3) is 0.391. The summed E-state index contributed by atoms with van der Waals surface area (Å²) < 4.78 is 1.66. The van der Waals surface area contributed by atoms with Gasteiger partial charge in [0.25, 0.3) is 5.56 Å². The highest BCUT2D eigenvalue weighted by molar-refractivity contribution is 5.79. The van der Waals surface area contributed by atoms with Crippen molar-refractivity contribution in [2.75, 3.05) is 18.0 Å². The van der Waals surface area contributed by atoms with Gasteiger partial charge in [-0.15, -0.1) is 0 Å². The van der Waals surface area contributed by atoms with Crippen LogP contribution in [0.5, 0.6) is 0 Å². The van der Waals surface area contributed by atoms with Crippen LogP contribution >= 0.6 is 0 Å². The Bertz CT molecular complexity index is 1090. The van der Waals surface area contributed by atoms with Crippen molar-refractivity contribution in [3.8, 4) is 0 Å². The second-order valence-electron chi connectivity index (χ2n) is 7.73. The number of anilines is 1. The van der Waals surface area contributed by atoms with Gasteiger partial charge in [0.15, 0.2) is 11.5 Å². The van der Waals surface area contributed by atoms with E-state index in [2.05, 4.69) is 15.3 Å². The summed E-state index contributed by atoms with van der Waals surface area (Å²) in [6.45, 7) is 5.75. The molecule has 30 heavy (non-hydrogen) atoms. The lowest BCUT2D eigenvalue weighted by Crippen LogP contribution is -2.43. The van der Waals surface area contributed by atoms with Crippen molar-refractivity contribution in [1.29, 1.82) is 0 Å². The minimum absolute atomic E-state index is 0.0249. The molecule has 0 radical (unpaired) electrons. The molecule has 1 saturated heterocycles. The van der Waals surface area contributed by atoms with E-state index in [4.69, 9.17) is 0 Å². The molecule has 0 aliphatic carbocycles. The number of aryl methyl sites for hydroxylation is 1. The van der Waals surface area contributed by atoms with Crippen LogP contribution in [0.25, 0.3) is 11.2 Å². The molecule has 4 rings (SSSR count). The van der Waals surface area contributed by atoms with Gasteiger partial charge in [0, 0.05) is 31.7 Å². The third-order valence-electron chi connectivity index (χ3n) is 5.82. The van der Waals surface area contributed by atoms with E-state index in [9.17, 15) is 9.59 Å². The van der Waals surface area contributed by atoms with Crippen LogP contribution < -0.4 is 15.8 Å². The maximum Gasteiger partial charge on any atom is 0.295 e. The van der Waals surface area contributed by atoms with Crippen molar-refractivity contribution in [3.63, 3.8) is 0 Å². The zero-order valence-corrected chi connectivity index (χ0v) is 17.4. The number of nitrogens with zero attached hydrogens (tertiary/aromatic N) is 4. The molecule has 1 unspecified atom stereocenters. The van der Waals surface area contributed by atoms with E-state index in [1.807, 2.05) is 61.2 Å². The quantitative estimate of drug-likeness (QED) is 0.706. The minimum atomic E-state index is -0.121. The van der Waals surface area contributed by atoms with Crippen LogP contribution in [0, 0.1) is 5.92 Å². The molecule has 7 heteroatoms. The number of hydrogen-bond donors (Lipinski definition) is 1. The van der Waals surface area contributed by atoms with Gasteiger partial charge in [-0.2, -0.15) is 0 Å². The number of hydrogen-bond acceptors (Lipinski definition) is 5. The average Bonchev–Trinajstić information content (AvgIpc) is 2.79. The molecule has 0 spiro atoms. The first-order valence-electron chi connectivity index (χ1n) is 10.5. The van der Waals surface area contributed by atoms with Crippen molar-refractivity contribution in [2.24, 2.45) is 5.92 Å². The molecule has 1 aliphatic heterocycles. The maximum absolute atomic E-state index is 13.0. The predicted octanol–water partition coefficient (Wildman–Crippen LogP) is 2.91. The lowest BCUT2D eigenvalue weighted by molar-refractivity contribution is -0.126. The number of piperidine rings is 1. The van der Waals surface area contributed by atoms with Crippen LogP contribution in [-0.4, -0.2) is 33.5 Å². The van der Waals surface area contributed by atoms with Crippen LogP contribution in [0.2, 0.25) is 0 Å². The molecule has 0 bridgehead atoms. The van der Waals surface area contributed by atoms with Crippen molar-refractivity contribution in [2.45, 2.75) is 39.3 Å². The molecule has 1 N–H and O–H groups in total. The monoisotopic (exact) mass is 405 g/mol. The summed E-state index contributed by atoms with van der Waals surface area (Å²) in [4.78, 5) is 36.6. The lowest BCUT2D eigenvalue weighted by Gasteiger charge is -2.32. The molecule has 3 heterocycles. The summed E-state index contributed by atoms with van der Waals surface area (Å²) >= 11 is 0. The zero-order chi connectivity index (χ0) is 21.1. The Morgan fingerprint density at radius 2 is 1.90 bits per heavy atom. The number of nitrogens with one attached hydrogen (secondary N) is 1. The molecule has 2 aromatic heterocycles. The number of pyridine rings is 1. The standard InChI is InChI=1S/C23H27N5O2/c1-3-28-20-19(10-7-13-24-20)26-21(23(28)30)27-14-11-18(12-15-27)22(29)25-16(2)17-8-5-4-6-9-17/h4-10,13,16,18H,3,11-12,14-15H2,1-2H3,(H,25,29). The topological polar surface area (TPSA) is 80.1 Å². The van der Waals surface area contributed by atoms with Crippen LogP contribution in [0.4, 0.5) is 5.82 Å². The fourth-order valence-corrected chi connectivity index (χ4v) is 4.07. The molecule has 1 aromatic carbocycles. The van der Waals surface area contributed by atoms with Crippen LogP contribution in [0.1, 0.15) is 38.3 Å². The van der Waals surface area contributed by atoms with Gasteiger partial charge in [0.05, 0.1) is 6.04 Å². The van der Waals surface area contributed by atoms with E-state index in [1.54, 1.807) is 10.8 Å². The van der Waals surface area contributed by atoms with E-state index in [0.29, 0.717) is 49.5 Å². The molecule has 0 saturated carbocycles. The number of benzene rings is 1. The average molecular weight is 406 g/mol. The zero-order valence-electron chi connectivity index (χ0n) is 17.4. The summed E-state index contributed by atoms with van der Waals surface area (Å²) in [5, 5.41) is 3.13. The highest BCUT2D eigenvalue weighted by Gasteiger charge is 2.28. The molecule has 156 valence electrons. The van der Waals surface area contributed by atoms with Crippen molar-refractivity contribution < 1.29 is 4.79 Å². The first-order chi connectivity index (χ1) is 14.6. The summed E-state index contributed by atoms with van der Waals surface area (Å²) in [5.41, 5.74) is 2.30. The Hall–Kier alpha value is -3.22. The van der Waals surface area contributed by atoms with E-state index >= 15 is 0 Å². The first kappa shape index (κ1) is 20.1. The van der Waals surface area contributed by atoms with E-state index in [-0.39, 0.29) is 23.4 Å². The normalized spacial score (nSPS) is 15.9. The fourth-order valence-electron chi connectivity index (χ4n) is 4.07. The van der Waals surface area contributed by atoms with Gasteiger partial charge in [-0.25, -0.2) is 9.97 Å². The molecular weight excluding hydrogens is 378 g/mol. The Kier molecular flexibility index (Phi) is 5.79. The minimum Gasteiger partial charge on any atom is -0.352 e. The summed E-state index contributed by atoms with van der Waals surface area (Å²) in [7, 11) is 0. The third-order valence-corrected chi connectivity index (χ3v) is 5.82. The van der Waals surface area contributed by atoms with Crippen LogP contribution in [0.3, 0.4) is 0 Å². The molecule has 1 amide bonds.